The summed E-state index contributed by atoms with van der Waals surface area (Å²) in [5.41, 5.74) is 1.94. The van der Waals surface area contributed by atoms with Crippen molar-refractivity contribution < 1.29 is 23.8 Å². The highest BCUT2D eigenvalue weighted by Crippen LogP contribution is 2.28. The number of carbonyl (C=O) groups is 2. The van der Waals surface area contributed by atoms with Gasteiger partial charge in [0.15, 0.2) is 11.5 Å². The maximum atomic E-state index is 12.2. The lowest BCUT2D eigenvalue weighted by Crippen LogP contribution is -2.31. The zero-order chi connectivity index (χ0) is 21.3. The van der Waals surface area contributed by atoms with Crippen LogP contribution in [-0.4, -0.2) is 45.3 Å². The summed E-state index contributed by atoms with van der Waals surface area (Å²) in [6.07, 6.45) is 5.23. The van der Waals surface area contributed by atoms with Gasteiger partial charge in [-0.1, -0.05) is 6.07 Å². The van der Waals surface area contributed by atoms with Gasteiger partial charge >= 0.3 is 0 Å². The topological polar surface area (TPSA) is 85.9 Å². The Balaban J connectivity index is 1.52. The van der Waals surface area contributed by atoms with Gasteiger partial charge in [-0.25, -0.2) is 0 Å². The first kappa shape index (κ1) is 21.4. The minimum atomic E-state index is -0.277. The molecule has 1 aliphatic heterocycles. The number of methoxy groups -OCH3 is 2. The van der Waals surface area contributed by atoms with E-state index >= 15 is 0 Å². The SMILES string of the molecule is COc1ccc(/C=C/C(=O)Nc2ccc(C(=O)NCC3CCCO3)cc2)cc1OC. The zero-order valence-corrected chi connectivity index (χ0v) is 17.1. The molecule has 2 N–H and O–H groups in total. The molecule has 0 bridgehead atoms. The molecule has 7 nitrogen and oxygen atoms in total. The van der Waals surface area contributed by atoms with Crippen molar-refractivity contribution in [1.82, 2.24) is 5.32 Å². The largest absolute Gasteiger partial charge is 0.493 e. The molecule has 30 heavy (non-hydrogen) atoms. The van der Waals surface area contributed by atoms with Crippen LogP contribution in [0.3, 0.4) is 0 Å². The number of hydrogen-bond donors (Lipinski definition) is 2. The van der Waals surface area contributed by atoms with Gasteiger partial charge in [0.2, 0.25) is 5.91 Å². The van der Waals surface area contributed by atoms with E-state index in [1.54, 1.807) is 56.7 Å². The Hall–Kier alpha value is -3.32. The maximum Gasteiger partial charge on any atom is 0.251 e. The zero-order valence-electron chi connectivity index (χ0n) is 17.1. The molecule has 0 aromatic heterocycles. The Morgan fingerprint density at radius 3 is 2.53 bits per heavy atom. The smallest absolute Gasteiger partial charge is 0.251 e. The lowest BCUT2D eigenvalue weighted by Gasteiger charge is -2.11. The van der Waals surface area contributed by atoms with Crippen molar-refractivity contribution in [1.29, 1.82) is 0 Å². The van der Waals surface area contributed by atoms with Crippen LogP contribution in [-0.2, 0) is 9.53 Å². The number of carbonyl (C=O) groups excluding carboxylic acids is 2. The van der Waals surface area contributed by atoms with Crippen LogP contribution in [0.1, 0.15) is 28.8 Å². The van der Waals surface area contributed by atoms with Crippen LogP contribution in [0.5, 0.6) is 11.5 Å². The van der Waals surface area contributed by atoms with E-state index in [-0.39, 0.29) is 17.9 Å². The molecule has 1 atom stereocenters. The Kier molecular flexibility index (Phi) is 7.45. The van der Waals surface area contributed by atoms with Crippen LogP contribution < -0.4 is 20.1 Å². The normalized spacial score (nSPS) is 15.7. The Labute approximate surface area is 176 Å². The minimum Gasteiger partial charge on any atom is -0.493 e. The van der Waals surface area contributed by atoms with E-state index in [4.69, 9.17) is 14.2 Å². The highest BCUT2D eigenvalue weighted by molar-refractivity contribution is 6.02. The first-order valence-electron chi connectivity index (χ1n) is 9.80. The standard InChI is InChI=1S/C23H26N2O5/c1-28-20-11-5-16(14-21(20)29-2)6-12-22(26)25-18-9-7-17(8-10-18)23(27)24-15-19-4-3-13-30-19/h5-12,14,19H,3-4,13,15H2,1-2H3,(H,24,27)(H,25,26)/b12-6+. The highest BCUT2D eigenvalue weighted by atomic mass is 16.5. The Morgan fingerprint density at radius 2 is 1.87 bits per heavy atom. The van der Waals surface area contributed by atoms with Crippen LogP contribution in [0, 0.1) is 0 Å². The molecule has 0 saturated carbocycles. The summed E-state index contributed by atoms with van der Waals surface area (Å²) in [6.45, 7) is 1.27. The van der Waals surface area contributed by atoms with Crippen LogP contribution >= 0.6 is 0 Å². The van der Waals surface area contributed by atoms with E-state index in [2.05, 4.69) is 10.6 Å². The molecule has 2 aromatic rings. The Bertz CT molecular complexity index is 902. The molecule has 158 valence electrons. The predicted octanol–water partition coefficient (Wildman–Crippen LogP) is 3.26. The third-order valence-corrected chi connectivity index (χ3v) is 4.76. The Morgan fingerprint density at radius 1 is 1.10 bits per heavy atom. The van der Waals surface area contributed by atoms with Crippen molar-refractivity contribution in [2.45, 2.75) is 18.9 Å². The number of nitrogens with one attached hydrogen (secondary N) is 2. The van der Waals surface area contributed by atoms with Crippen LogP contribution in [0.2, 0.25) is 0 Å². The first-order chi connectivity index (χ1) is 14.6. The van der Waals surface area contributed by atoms with Gasteiger partial charge in [-0.3, -0.25) is 9.59 Å². The summed E-state index contributed by atoms with van der Waals surface area (Å²) in [4.78, 5) is 24.4. The number of hydrogen-bond acceptors (Lipinski definition) is 5. The van der Waals surface area contributed by atoms with E-state index in [9.17, 15) is 9.59 Å². The quantitative estimate of drug-likeness (QED) is 0.653. The van der Waals surface area contributed by atoms with Gasteiger partial charge in [0.1, 0.15) is 0 Å². The molecule has 2 aromatic carbocycles. The van der Waals surface area contributed by atoms with Crippen LogP contribution in [0.4, 0.5) is 5.69 Å². The fraction of sp³-hybridized carbons (Fsp3) is 0.304. The van der Waals surface area contributed by atoms with Gasteiger partial charge < -0.3 is 24.8 Å². The number of amides is 2. The van der Waals surface area contributed by atoms with E-state index in [0.29, 0.717) is 29.3 Å². The van der Waals surface area contributed by atoms with Gasteiger partial charge in [0.25, 0.3) is 5.91 Å². The molecule has 1 unspecified atom stereocenters. The molecule has 0 aliphatic carbocycles. The van der Waals surface area contributed by atoms with Crippen molar-refractivity contribution in [3.8, 4) is 11.5 Å². The average molecular weight is 410 g/mol. The second kappa shape index (κ2) is 10.5. The summed E-state index contributed by atoms with van der Waals surface area (Å²) in [7, 11) is 3.13. The van der Waals surface area contributed by atoms with E-state index in [1.807, 2.05) is 6.07 Å². The van der Waals surface area contributed by atoms with Crippen molar-refractivity contribution >= 4 is 23.6 Å². The molecule has 1 aliphatic rings. The summed E-state index contributed by atoms with van der Waals surface area (Å²) < 4.78 is 16.0. The van der Waals surface area contributed by atoms with Gasteiger partial charge in [0, 0.05) is 30.5 Å². The summed E-state index contributed by atoms with van der Waals surface area (Å²) >= 11 is 0. The molecule has 1 saturated heterocycles. The number of rotatable bonds is 8. The van der Waals surface area contributed by atoms with E-state index in [1.165, 1.54) is 6.08 Å². The molecule has 3 rings (SSSR count). The van der Waals surface area contributed by atoms with Crippen LogP contribution in [0.15, 0.2) is 48.5 Å². The molecule has 1 heterocycles. The fourth-order valence-corrected chi connectivity index (χ4v) is 3.13. The first-order valence-corrected chi connectivity index (χ1v) is 9.80. The number of benzene rings is 2. The average Bonchev–Trinajstić information content (AvgIpc) is 3.30. The van der Waals surface area contributed by atoms with Crippen molar-refractivity contribution in [3.05, 3.63) is 59.7 Å². The molecule has 2 amide bonds. The van der Waals surface area contributed by atoms with Gasteiger partial charge in [0.05, 0.1) is 20.3 Å². The third-order valence-electron chi connectivity index (χ3n) is 4.76. The second-order valence-electron chi connectivity index (χ2n) is 6.86. The molecule has 0 spiro atoms. The fourth-order valence-electron chi connectivity index (χ4n) is 3.13. The maximum absolute atomic E-state index is 12.2. The van der Waals surface area contributed by atoms with Crippen molar-refractivity contribution in [2.24, 2.45) is 0 Å². The number of ether oxygens (including phenoxy) is 3. The monoisotopic (exact) mass is 410 g/mol. The van der Waals surface area contributed by atoms with Crippen molar-refractivity contribution in [3.63, 3.8) is 0 Å². The molecule has 7 heteroatoms. The van der Waals surface area contributed by atoms with Gasteiger partial charge in [-0.15, -0.1) is 0 Å². The third kappa shape index (κ3) is 5.84. The van der Waals surface area contributed by atoms with Gasteiger partial charge in [-0.05, 0) is 60.9 Å². The number of anilines is 1. The summed E-state index contributed by atoms with van der Waals surface area (Å²) in [5, 5.41) is 5.65. The lowest BCUT2D eigenvalue weighted by atomic mass is 10.1. The van der Waals surface area contributed by atoms with Gasteiger partial charge in [-0.2, -0.15) is 0 Å². The predicted molar refractivity (Wildman–Crippen MR) is 115 cm³/mol. The summed E-state index contributed by atoms with van der Waals surface area (Å²) in [5.74, 6) is 0.782. The second-order valence-corrected chi connectivity index (χ2v) is 6.86. The van der Waals surface area contributed by atoms with Crippen LogP contribution in [0.25, 0.3) is 6.08 Å². The molecular formula is C23H26N2O5. The minimum absolute atomic E-state index is 0.102. The molecule has 0 radical (unpaired) electrons. The molecule has 1 fully saturated rings. The lowest BCUT2D eigenvalue weighted by molar-refractivity contribution is -0.111. The molecular weight excluding hydrogens is 384 g/mol. The van der Waals surface area contributed by atoms with E-state index in [0.717, 1.165) is 25.0 Å². The highest BCUT2D eigenvalue weighted by Gasteiger charge is 2.16. The summed E-state index contributed by atoms with van der Waals surface area (Å²) in [6, 6.07) is 12.1. The van der Waals surface area contributed by atoms with Crippen molar-refractivity contribution in [2.75, 3.05) is 32.7 Å². The van der Waals surface area contributed by atoms with E-state index < -0.39 is 0 Å².